The average molecular weight is 317 g/mol. The summed E-state index contributed by atoms with van der Waals surface area (Å²) in [6.45, 7) is 4.98. The number of morpholine rings is 1. The van der Waals surface area contributed by atoms with Gasteiger partial charge in [-0.2, -0.15) is 0 Å². The van der Waals surface area contributed by atoms with E-state index < -0.39 is 0 Å². The molecule has 0 radical (unpaired) electrons. The maximum atomic E-state index is 6.06. The maximum absolute atomic E-state index is 6.06. The number of hydrogen-bond donors (Lipinski definition) is 0. The molecule has 3 rings (SSSR count). The smallest absolute Gasteiger partial charge is 0.224 e. The summed E-state index contributed by atoms with van der Waals surface area (Å²) in [7, 11) is 0. The van der Waals surface area contributed by atoms with E-state index in [4.69, 9.17) is 21.1 Å². The molecule has 0 amide bonds. The molecule has 1 unspecified atom stereocenters. The highest BCUT2D eigenvalue weighted by Crippen LogP contribution is 2.18. The predicted molar refractivity (Wildman–Crippen MR) is 81.8 cm³/mol. The Bertz CT molecular complexity index is 451. The van der Waals surface area contributed by atoms with Gasteiger partial charge in [0.2, 0.25) is 5.28 Å². The van der Waals surface area contributed by atoms with Gasteiger partial charge in [0.1, 0.15) is 16.8 Å². The minimum atomic E-state index is 0.335. The molecule has 0 aliphatic carbocycles. The zero-order valence-electron chi connectivity index (χ0n) is 11.3. The van der Waals surface area contributed by atoms with Crippen molar-refractivity contribution < 1.29 is 9.47 Å². The van der Waals surface area contributed by atoms with Crippen molar-refractivity contribution in [1.82, 2.24) is 9.97 Å². The zero-order chi connectivity index (χ0) is 13.8. The van der Waals surface area contributed by atoms with Crippen LogP contribution in [0.1, 0.15) is 12.1 Å². The topological polar surface area (TPSA) is 47.5 Å². The van der Waals surface area contributed by atoms with E-state index in [1.165, 1.54) is 11.8 Å². The van der Waals surface area contributed by atoms with Gasteiger partial charge in [0, 0.05) is 25.6 Å². The van der Waals surface area contributed by atoms with E-state index in [0.717, 1.165) is 63.2 Å². The Morgan fingerprint density at radius 1 is 1.25 bits per heavy atom. The summed E-state index contributed by atoms with van der Waals surface area (Å²) in [4.78, 5) is 10.9. The van der Waals surface area contributed by atoms with Crippen LogP contribution in [0.2, 0.25) is 5.28 Å². The average Bonchev–Trinajstić information content (AvgIpc) is 2.99. The lowest BCUT2D eigenvalue weighted by Gasteiger charge is -2.27. The van der Waals surface area contributed by atoms with E-state index >= 15 is 0 Å². The molecule has 2 aliphatic rings. The van der Waals surface area contributed by atoms with Crippen LogP contribution in [0.15, 0.2) is 6.07 Å². The molecular weight excluding hydrogens is 298 g/mol. The molecular formula is C13H19ClN3O2S+. The van der Waals surface area contributed by atoms with E-state index in [9.17, 15) is 0 Å². The summed E-state index contributed by atoms with van der Waals surface area (Å²) in [5.74, 6) is 1.83. The molecule has 2 saturated heterocycles. The Balaban J connectivity index is 1.65. The van der Waals surface area contributed by atoms with Gasteiger partial charge in [0.25, 0.3) is 0 Å². The monoisotopic (exact) mass is 316 g/mol. The molecule has 1 aromatic heterocycles. The SMILES string of the molecule is Clc1nc(C[SH+]C2CCOC2)cc(N2CCOCC2)n1. The van der Waals surface area contributed by atoms with Crippen molar-refractivity contribution in [3.8, 4) is 0 Å². The molecule has 5 nitrogen and oxygen atoms in total. The number of thiol groups is 1. The molecule has 20 heavy (non-hydrogen) atoms. The van der Waals surface area contributed by atoms with Crippen LogP contribution in [-0.2, 0) is 27.0 Å². The fourth-order valence-corrected chi connectivity index (χ4v) is 3.68. The zero-order valence-corrected chi connectivity index (χ0v) is 12.9. The summed E-state index contributed by atoms with van der Waals surface area (Å²) in [5, 5.41) is 0.970. The molecule has 2 aliphatic heterocycles. The second-order valence-corrected chi connectivity index (χ2v) is 6.69. The van der Waals surface area contributed by atoms with Crippen molar-refractivity contribution in [3.63, 3.8) is 0 Å². The number of rotatable bonds is 4. The number of nitrogens with zero attached hydrogens (tertiary/aromatic N) is 3. The fraction of sp³-hybridized carbons (Fsp3) is 0.692. The van der Waals surface area contributed by atoms with Crippen LogP contribution >= 0.6 is 11.6 Å². The highest BCUT2D eigenvalue weighted by Gasteiger charge is 2.23. The Kier molecular flexibility index (Phi) is 4.99. The van der Waals surface area contributed by atoms with Crippen LogP contribution in [0.4, 0.5) is 5.82 Å². The molecule has 0 spiro atoms. The molecule has 2 fully saturated rings. The van der Waals surface area contributed by atoms with Gasteiger partial charge in [-0.3, -0.25) is 0 Å². The molecule has 7 heteroatoms. The summed E-state index contributed by atoms with van der Waals surface area (Å²) in [5.41, 5.74) is 1.01. The van der Waals surface area contributed by atoms with Crippen molar-refractivity contribution in [2.45, 2.75) is 17.4 Å². The quantitative estimate of drug-likeness (QED) is 0.472. The second-order valence-electron chi connectivity index (χ2n) is 4.94. The first-order valence-electron chi connectivity index (χ1n) is 6.92. The Morgan fingerprint density at radius 3 is 2.85 bits per heavy atom. The molecule has 0 N–H and O–H groups in total. The minimum Gasteiger partial charge on any atom is -0.378 e. The molecule has 1 aromatic rings. The second kappa shape index (κ2) is 6.93. The predicted octanol–water partition coefficient (Wildman–Crippen LogP) is 1.07. The lowest BCUT2D eigenvalue weighted by atomic mass is 10.3. The molecule has 0 saturated carbocycles. The normalized spacial score (nSPS) is 23.2. The first kappa shape index (κ1) is 14.4. The molecule has 110 valence electrons. The lowest BCUT2D eigenvalue weighted by molar-refractivity contribution is 0.122. The van der Waals surface area contributed by atoms with Crippen LogP contribution in [0.25, 0.3) is 0 Å². The Hall–Kier alpha value is -0.560. The third-order valence-corrected chi connectivity index (χ3v) is 5.09. The van der Waals surface area contributed by atoms with Gasteiger partial charge in [-0.15, -0.1) is 0 Å². The Labute approximate surface area is 128 Å². The summed E-state index contributed by atoms with van der Waals surface area (Å²) >= 11 is 7.42. The standard InChI is InChI=1S/C13H18ClN3O2S/c14-13-15-10(9-20-11-1-4-19-8-11)7-12(16-13)17-2-5-18-6-3-17/h7,11H,1-6,8-9H2/p+1. The molecule has 0 aromatic carbocycles. The number of halogens is 1. The van der Waals surface area contributed by atoms with Crippen LogP contribution < -0.4 is 4.90 Å². The van der Waals surface area contributed by atoms with Crippen LogP contribution in [0.5, 0.6) is 0 Å². The van der Waals surface area contributed by atoms with Gasteiger partial charge >= 0.3 is 0 Å². The summed E-state index contributed by atoms with van der Waals surface area (Å²) in [6.07, 6.45) is 1.15. The summed E-state index contributed by atoms with van der Waals surface area (Å²) < 4.78 is 10.8. The highest BCUT2D eigenvalue weighted by molar-refractivity contribution is 7.78. The minimum absolute atomic E-state index is 0.335. The largest absolute Gasteiger partial charge is 0.378 e. The lowest BCUT2D eigenvalue weighted by Crippen LogP contribution is -2.36. The first-order valence-corrected chi connectivity index (χ1v) is 8.44. The highest BCUT2D eigenvalue weighted by atomic mass is 35.5. The van der Waals surface area contributed by atoms with Crippen molar-refractivity contribution in [3.05, 3.63) is 17.0 Å². The van der Waals surface area contributed by atoms with Crippen molar-refractivity contribution in [1.29, 1.82) is 0 Å². The van der Waals surface area contributed by atoms with Crippen LogP contribution in [0, 0.1) is 0 Å². The van der Waals surface area contributed by atoms with Gasteiger partial charge in [-0.25, -0.2) is 9.97 Å². The van der Waals surface area contributed by atoms with Gasteiger partial charge in [-0.05, 0) is 23.4 Å². The number of aromatic nitrogens is 2. The van der Waals surface area contributed by atoms with Crippen molar-refractivity contribution in [2.24, 2.45) is 0 Å². The van der Waals surface area contributed by atoms with E-state index in [-0.39, 0.29) is 0 Å². The van der Waals surface area contributed by atoms with E-state index in [1.807, 2.05) is 0 Å². The van der Waals surface area contributed by atoms with E-state index in [2.05, 4.69) is 20.9 Å². The number of hydrogen-bond acceptors (Lipinski definition) is 5. The third-order valence-electron chi connectivity index (χ3n) is 3.49. The van der Waals surface area contributed by atoms with Gasteiger partial charge in [-0.1, -0.05) is 0 Å². The maximum Gasteiger partial charge on any atom is 0.224 e. The molecule has 3 heterocycles. The van der Waals surface area contributed by atoms with E-state index in [1.54, 1.807) is 0 Å². The van der Waals surface area contributed by atoms with Crippen molar-refractivity contribution >= 4 is 29.2 Å². The van der Waals surface area contributed by atoms with E-state index in [0.29, 0.717) is 10.5 Å². The Morgan fingerprint density at radius 2 is 2.10 bits per heavy atom. The van der Waals surface area contributed by atoms with Crippen molar-refractivity contribution in [2.75, 3.05) is 44.4 Å². The van der Waals surface area contributed by atoms with Gasteiger partial charge < -0.3 is 14.4 Å². The number of anilines is 1. The fourth-order valence-electron chi connectivity index (χ4n) is 2.38. The first-order chi connectivity index (χ1) is 9.81. The third kappa shape index (κ3) is 3.75. The van der Waals surface area contributed by atoms with Crippen LogP contribution in [-0.4, -0.2) is 54.7 Å². The van der Waals surface area contributed by atoms with Gasteiger partial charge in [0.05, 0.1) is 32.1 Å². The molecule has 1 atom stereocenters. The van der Waals surface area contributed by atoms with Gasteiger partial charge in [0.15, 0.2) is 0 Å². The number of ether oxygens (including phenoxy) is 2. The molecule has 0 bridgehead atoms. The van der Waals surface area contributed by atoms with Crippen LogP contribution in [0.3, 0.4) is 0 Å². The summed E-state index contributed by atoms with van der Waals surface area (Å²) in [6, 6.07) is 2.06.